The van der Waals surface area contributed by atoms with Crippen LogP contribution in [0.5, 0.6) is 0 Å². The molecule has 2 N–H and O–H groups in total. The molecule has 2 rings (SSSR count). The highest BCUT2D eigenvalue weighted by molar-refractivity contribution is 5.70. The topological polar surface area (TPSA) is 115 Å². The minimum atomic E-state index is -0.823. The molecule has 39 heavy (non-hydrogen) atoms. The highest BCUT2D eigenvalue weighted by Gasteiger charge is 2.50. The Labute approximate surface area is 234 Å². The molecule has 0 aromatic heterocycles. The zero-order chi connectivity index (χ0) is 29.3. The number of esters is 2. The number of carbonyl (C=O) groups is 2. The number of aliphatic hydroxyl groups is 2. The van der Waals surface area contributed by atoms with E-state index in [4.69, 9.17) is 18.9 Å². The van der Waals surface area contributed by atoms with Crippen LogP contribution < -0.4 is 0 Å². The summed E-state index contributed by atoms with van der Waals surface area (Å²) in [4.78, 5) is 24.3. The average molecular weight is 551 g/mol. The summed E-state index contributed by atoms with van der Waals surface area (Å²) >= 11 is 0. The second kappa shape index (κ2) is 15.7. The molecule has 11 atom stereocenters. The Kier molecular flexibility index (Phi) is 13.4. The number of aliphatic hydroxyl groups excluding tert-OH is 2. The number of epoxide rings is 1. The number of allylic oxidation sites excluding steroid dienone is 2. The standard InChI is InChI=1S/C31H50O8/c1-9-25(36-8)22(6)30-31(39-30)28(35)19(3)11-10-12-20(4)29-21(5)14-16-26(37-23(7)32)18(2)13-15-24(33)17-27(34)38-29/h10-12,14,16,18-19,21-22,24-26,28-31,33,35H,9,13,15,17H2,1-8H3/b11-10+,16-14+,20-12+/t18-,19-,21-,22+,24+,25-,26-,28-,29+,30+,31+/m0/s1. The van der Waals surface area contributed by atoms with E-state index in [1.165, 1.54) is 6.92 Å². The van der Waals surface area contributed by atoms with Gasteiger partial charge in [0.2, 0.25) is 0 Å². The van der Waals surface area contributed by atoms with Gasteiger partial charge in [0.05, 0.1) is 30.8 Å². The highest BCUT2D eigenvalue weighted by Crippen LogP contribution is 2.37. The van der Waals surface area contributed by atoms with Gasteiger partial charge in [0.25, 0.3) is 0 Å². The van der Waals surface area contributed by atoms with Crippen molar-refractivity contribution in [1.29, 1.82) is 0 Å². The van der Waals surface area contributed by atoms with E-state index in [0.29, 0.717) is 12.8 Å². The second-order valence-electron chi connectivity index (χ2n) is 11.4. The molecule has 1 fully saturated rings. The summed E-state index contributed by atoms with van der Waals surface area (Å²) in [5, 5.41) is 21.2. The van der Waals surface area contributed by atoms with Crippen LogP contribution in [0.3, 0.4) is 0 Å². The fraction of sp³-hybridized carbons (Fsp3) is 0.742. The van der Waals surface area contributed by atoms with Gasteiger partial charge in [0.1, 0.15) is 18.3 Å². The Morgan fingerprint density at radius 1 is 1.18 bits per heavy atom. The number of hydrogen-bond donors (Lipinski definition) is 2. The van der Waals surface area contributed by atoms with Crippen LogP contribution in [-0.4, -0.2) is 72.0 Å². The predicted molar refractivity (Wildman–Crippen MR) is 150 cm³/mol. The van der Waals surface area contributed by atoms with Crippen molar-refractivity contribution in [3.63, 3.8) is 0 Å². The summed E-state index contributed by atoms with van der Waals surface area (Å²) in [6.07, 6.45) is 8.68. The Bertz CT molecular complexity index is 876. The number of rotatable bonds is 10. The van der Waals surface area contributed by atoms with Crippen LogP contribution >= 0.6 is 0 Å². The first kappa shape index (κ1) is 33.2. The van der Waals surface area contributed by atoms with Crippen molar-refractivity contribution in [2.75, 3.05) is 7.11 Å². The molecule has 2 heterocycles. The van der Waals surface area contributed by atoms with Crippen LogP contribution in [-0.2, 0) is 28.5 Å². The van der Waals surface area contributed by atoms with Crippen molar-refractivity contribution in [2.24, 2.45) is 23.7 Å². The van der Waals surface area contributed by atoms with E-state index in [2.05, 4.69) is 13.8 Å². The summed E-state index contributed by atoms with van der Waals surface area (Å²) in [7, 11) is 1.70. The fourth-order valence-corrected chi connectivity index (χ4v) is 5.33. The van der Waals surface area contributed by atoms with E-state index in [1.54, 1.807) is 7.11 Å². The third kappa shape index (κ3) is 10.2. The van der Waals surface area contributed by atoms with Gasteiger partial charge in [-0.2, -0.15) is 0 Å². The largest absolute Gasteiger partial charge is 0.458 e. The van der Waals surface area contributed by atoms with Crippen molar-refractivity contribution in [1.82, 2.24) is 0 Å². The summed E-state index contributed by atoms with van der Waals surface area (Å²) in [5.74, 6) is -0.961. The van der Waals surface area contributed by atoms with Crippen LogP contribution in [0, 0.1) is 23.7 Å². The lowest BCUT2D eigenvalue weighted by Gasteiger charge is -2.27. The van der Waals surface area contributed by atoms with Crippen molar-refractivity contribution >= 4 is 11.9 Å². The van der Waals surface area contributed by atoms with Gasteiger partial charge in [-0.05, 0) is 43.8 Å². The molecule has 2 aliphatic rings. The summed E-state index contributed by atoms with van der Waals surface area (Å²) in [5.41, 5.74) is 0.821. The van der Waals surface area contributed by atoms with E-state index < -0.39 is 30.4 Å². The molecule has 2 aliphatic heterocycles. The van der Waals surface area contributed by atoms with Crippen LogP contribution in [0.4, 0.5) is 0 Å². The van der Waals surface area contributed by atoms with Gasteiger partial charge in [-0.25, -0.2) is 0 Å². The smallest absolute Gasteiger partial charge is 0.309 e. The average Bonchev–Trinajstić information content (AvgIpc) is 3.68. The molecule has 0 aromatic rings. The molecule has 222 valence electrons. The van der Waals surface area contributed by atoms with Gasteiger partial charge < -0.3 is 29.2 Å². The minimum absolute atomic E-state index is 0.00577. The van der Waals surface area contributed by atoms with Crippen molar-refractivity contribution < 1.29 is 38.7 Å². The molecule has 0 bridgehead atoms. The van der Waals surface area contributed by atoms with Crippen LogP contribution in [0.1, 0.15) is 74.1 Å². The van der Waals surface area contributed by atoms with Crippen LogP contribution in [0.25, 0.3) is 0 Å². The van der Waals surface area contributed by atoms with Gasteiger partial charge in [-0.15, -0.1) is 0 Å². The normalized spacial score (nSPS) is 34.7. The van der Waals surface area contributed by atoms with E-state index in [0.717, 1.165) is 12.0 Å². The number of carbonyl (C=O) groups excluding carboxylic acids is 2. The number of methoxy groups -OCH3 is 1. The number of hydrogen-bond acceptors (Lipinski definition) is 8. The molecule has 1 saturated heterocycles. The quantitative estimate of drug-likeness (QED) is 0.176. The first-order valence-electron chi connectivity index (χ1n) is 14.3. The molecule has 0 radical (unpaired) electrons. The van der Waals surface area contributed by atoms with Crippen molar-refractivity contribution in [3.8, 4) is 0 Å². The van der Waals surface area contributed by atoms with Gasteiger partial charge in [0, 0.05) is 31.8 Å². The monoisotopic (exact) mass is 550 g/mol. The third-order valence-electron chi connectivity index (χ3n) is 8.03. The highest BCUT2D eigenvalue weighted by atomic mass is 16.6. The lowest BCUT2D eigenvalue weighted by molar-refractivity contribution is -0.151. The zero-order valence-electron chi connectivity index (χ0n) is 24.9. The Balaban J connectivity index is 2.12. The van der Waals surface area contributed by atoms with Gasteiger partial charge in [0.15, 0.2) is 0 Å². The maximum absolute atomic E-state index is 12.6. The second-order valence-corrected chi connectivity index (χ2v) is 11.4. The van der Waals surface area contributed by atoms with Crippen LogP contribution in [0.15, 0.2) is 36.0 Å². The van der Waals surface area contributed by atoms with Gasteiger partial charge >= 0.3 is 11.9 Å². The molecule has 0 aromatic carbocycles. The third-order valence-corrected chi connectivity index (χ3v) is 8.03. The first-order chi connectivity index (χ1) is 18.4. The predicted octanol–water partition coefficient (Wildman–Crippen LogP) is 4.53. The molecule has 0 amide bonds. The van der Waals surface area contributed by atoms with Gasteiger partial charge in [-0.1, -0.05) is 58.9 Å². The molecular weight excluding hydrogens is 500 g/mol. The molecule has 8 heteroatoms. The maximum Gasteiger partial charge on any atom is 0.309 e. The Morgan fingerprint density at radius 3 is 2.49 bits per heavy atom. The number of ether oxygens (including phenoxy) is 4. The lowest BCUT2D eigenvalue weighted by atomic mass is 9.91. The molecule has 0 saturated carbocycles. The molecular formula is C31H50O8. The SMILES string of the molecule is CC[C@H](OC)[C@@H](C)[C@H]1O[C@@H]1[C@@H](O)[C@@H](C)/C=C/C=C(\C)[C@H]1OC(=O)C[C@H](O)CC[C@H](C)[C@@H](OC(C)=O)/C=C/[C@@H]1C. The van der Waals surface area contributed by atoms with Crippen molar-refractivity contribution in [3.05, 3.63) is 36.0 Å². The molecule has 8 nitrogen and oxygen atoms in total. The molecule has 0 spiro atoms. The number of cyclic esters (lactones) is 1. The van der Waals surface area contributed by atoms with E-state index in [-0.39, 0.29) is 54.4 Å². The van der Waals surface area contributed by atoms with E-state index in [9.17, 15) is 19.8 Å². The van der Waals surface area contributed by atoms with E-state index in [1.807, 2.05) is 58.1 Å². The van der Waals surface area contributed by atoms with Crippen molar-refractivity contribution in [2.45, 2.75) is 117 Å². The van der Waals surface area contributed by atoms with E-state index >= 15 is 0 Å². The summed E-state index contributed by atoms with van der Waals surface area (Å²) in [6, 6.07) is 0. The first-order valence-corrected chi connectivity index (χ1v) is 14.3. The summed E-state index contributed by atoms with van der Waals surface area (Å²) in [6.45, 7) is 13.3. The van der Waals surface area contributed by atoms with Gasteiger partial charge in [-0.3, -0.25) is 9.59 Å². The lowest BCUT2D eigenvalue weighted by Crippen LogP contribution is -2.30. The fourth-order valence-electron chi connectivity index (χ4n) is 5.33. The summed E-state index contributed by atoms with van der Waals surface area (Å²) < 4.78 is 22.7. The zero-order valence-corrected chi connectivity index (χ0v) is 24.9. The Morgan fingerprint density at radius 2 is 1.87 bits per heavy atom. The molecule has 0 aliphatic carbocycles. The maximum atomic E-state index is 12.6. The Hall–Kier alpha value is -2.00. The van der Waals surface area contributed by atoms with Crippen LogP contribution in [0.2, 0.25) is 0 Å². The minimum Gasteiger partial charge on any atom is -0.458 e. The molecule has 0 unspecified atom stereocenters.